The Morgan fingerprint density at radius 1 is 1.14 bits per heavy atom. The molecule has 1 aromatic carbocycles. The van der Waals surface area contributed by atoms with Crippen LogP contribution in [0, 0.1) is 0 Å². The van der Waals surface area contributed by atoms with Crippen molar-refractivity contribution in [3.8, 4) is 0 Å². The number of carbonyl (C=O) groups excluding carboxylic acids is 2. The molecule has 1 aliphatic rings. The van der Waals surface area contributed by atoms with E-state index in [-0.39, 0.29) is 11.8 Å². The van der Waals surface area contributed by atoms with Crippen molar-refractivity contribution in [2.75, 3.05) is 11.9 Å². The van der Waals surface area contributed by atoms with Crippen LogP contribution in [-0.4, -0.2) is 23.3 Å². The number of hydrogen-bond donors (Lipinski definition) is 1. The van der Waals surface area contributed by atoms with Crippen LogP contribution in [0.4, 0.5) is 5.69 Å². The number of nitrogens with one attached hydrogen (secondary N) is 1. The largest absolute Gasteiger partial charge is 0.323 e. The minimum absolute atomic E-state index is 0.184. The predicted octanol–water partition coefficient (Wildman–Crippen LogP) is 3.34. The lowest BCUT2D eigenvalue weighted by molar-refractivity contribution is -0.128. The van der Waals surface area contributed by atoms with E-state index < -0.39 is 0 Å². The van der Waals surface area contributed by atoms with E-state index in [0.29, 0.717) is 6.42 Å². The van der Waals surface area contributed by atoms with Gasteiger partial charge < -0.3 is 10.2 Å². The van der Waals surface area contributed by atoms with Crippen LogP contribution in [0.2, 0.25) is 0 Å². The summed E-state index contributed by atoms with van der Waals surface area (Å²) < 4.78 is 0. The van der Waals surface area contributed by atoms with E-state index in [4.69, 9.17) is 0 Å². The second-order valence-corrected chi connectivity index (χ2v) is 4.64. The molecule has 2 amide bonds. The average Bonchev–Trinajstić information content (AvgIpc) is 2.73. The van der Waals surface area contributed by atoms with Gasteiger partial charge in [-0.3, -0.25) is 9.59 Å². The van der Waals surface area contributed by atoms with E-state index in [0.717, 1.165) is 25.1 Å². The van der Waals surface area contributed by atoms with Gasteiger partial charge in [0.05, 0.1) is 0 Å². The quantitative estimate of drug-likeness (QED) is 0.866. The lowest BCUT2D eigenvalue weighted by Gasteiger charge is -2.13. The number of anilines is 1. The summed E-state index contributed by atoms with van der Waals surface area (Å²) in [5, 5.41) is 2.63. The summed E-state index contributed by atoms with van der Waals surface area (Å²) in [5.74, 6) is 0.0451. The Labute approximate surface area is 126 Å². The molecule has 21 heavy (non-hydrogen) atoms. The van der Waals surface area contributed by atoms with Gasteiger partial charge in [-0.2, -0.15) is 0 Å². The number of benzene rings is 1. The van der Waals surface area contributed by atoms with Crippen molar-refractivity contribution in [3.63, 3.8) is 0 Å². The molecule has 0 saturated carbocycles. The number of amides is 2. The number of carbonyl (C=O) groups is 2. The van der Waals surface area contributed by atoms with Crippen molar-refractivity contribution in [1.82, 2.24) is 4.90 Å². The molecule has 0 unspecified atom stereocenters. The monoisotopic (exact) mass is 286 g/mol. The van der Waals surface area contributed by atoms with Crippen LogP contribution < -0.4 is 5.32 Å². The molecule has 4 nitrogen and oxygen atoms in total. The second kappa shape index (κ2) is 9.53. The molecule has 0 bridgehead atoms. The molecule has 1 saturated heterocycles. The Morgan fingerprint density at radius 3 is 2.48 bits per heavy atom. The molecule has 1 aliphatic heterocycles. The van der Waals surface area contributed by atoms with Crippen LogP contribution in [0.15, 0.2) is 55.8 Å². The molecule has 0 radical (unpaired) electrons. The Bertz CT molecular complexity index is 483. The van der Waals surface area contributed by atoms with Gasteiger partial charge in [-0.1, -0.05) is 37.8 Å². The highest BCUT2D eigenvalue weighted by atomic mass is 16.2. The fourth-order valence-electron chi connectivity index (χ4n) is 1.91. The van der Waals surface area contributed by atoms with Crippen molar-refractivity contribution in [2.24, 2.45) is 0 Å². The van der Waals surface area contributed by atoms with Crippen LogP contribution in [0.5, 0.6) is 0 Å². The summed E-state index contributed by atoms with van der Waals surface area (Å²) in [6.45, 7) is 7.79. The van der Waals surface area contributed by atoms with Gasteiger partial charge in [0.1, 0.15) is 0 Å². The number of likely N-dealkylation sites (tertiary alicyclic amines) is 1. The van der Waals surface area contributed by atoms with Gasteiger partial charge in [0, 0.05) is 18.7 Å². The molecule has 2 rings (SSSR count). The lowest BCUT2D eigenvalue weighted by atomic mass is 10.2. The highest BCUT2D eigenvalue weighted by Crippen LogP contribution is 2.10. The molecule has 112 valence electrons. The Morgan fingerprint density at radius 2 is 1.86 bits per heavy atom. The zero-order valence-electron chi connectivity index (χ0n) is 12.3. The maximum Gasteiger partial charge on any atom is 0.247 e. The van der Waals surface area contributed by atoms with Crippen LogP contribution in [-0.2, 0) is 9.59 Å². The van der Waals surface area contributed by atoms with E-state index in [9.17, 15) is 9.59 Å². The summed E-state index contributed by atoms with van der Waals surface area (Å²) in [6.07, 6.45) is 6.92. The number of para-hydroxylation sites is 1. The maximum absolute atomic E-state index is 11.1. The number of rotatable bonds is 3. The van der Waals surface area contributed by atoms with E-state index in [1.165, 1.54) is 12.5 Å². The van der Waals surface area contributed by atoms with Crippen LogP contribution in [0.3, 0.4) is 0 Å². The smallest absolute Gasteiger partial charge is 0.247 e. The van der Waals surface area contributed by atoms with E-state index >= 15 is 0 Å². The lowest BCUT2D eigenvalue weighted by Crippen LogP contribution is -2.23. The normalized spacial score (nSPS) is 14.3. The Kier molecular flexibility index (Phi) is 7.58. The molecule has 0 spiro atoms. The van der Waals surface area contributed by atoms with Gasteiger partial charge in [0.15, 0.2) is 0 Å². The van der Waals surface area contributed by atoms with Gasteiger partial charge >= 0.3 is 0 Å². The fourth-order valence-corrected chi connectivity index (χ4v) is 1.91. The number of hydrogen-bond acceptors (Lipinski definition) is 2. The third-order valence-electron chi connectivity index (χ3n) is 3.06. The predicted molar refractivity (Wildman–Crippen MR) is 85.6 cm³/mol. The molecule has 1 N–H and O–H groups in total. The van der Waals surface area contributed by atoms with Crippen molar-refractivity contribution in [1.29, 1.82) is 0 Å². The van der Waals surface area contributed by atoms with E-state index in [2.05, 4.69) is 18.5 Å². The van der Waals surface area contributed by atoms with E-state index in [1.807, 2.05) is 30.3 Å². The SMILES string of the molecule is C=CC(=O)Nc1ccccc1.C=CN1CCCCCC1=O. The molecule has 4 heteroatoms. The summed E-state index contributed by atoms with van der Waals surface area (Å²) in [7, 11) is 0. The van der Waals surface area contributed by atoms with Crippen molar-refractivity contribution >= 4 is 17.5 Å². The topological polar surface area (TPSA) is 49.4 Å². The van der Waals surface area contributed by atoms with Crippen molar-refractivity contribution in [3.05, 3.63) is 55.8 Å². The Balaban J connectivity index is 0.000000211. The van der Waals surface area contributed by atoms with Gasteiger partial charge in [-0.25, -0.2) is 0 Å². The van der Waals surface area contributed by atoms with Crippen LogP contribution in [0.25, 0.3) is 0 Å². The van der Waals surface area contributed by atoms with Gasteiger partial charge in [0.2, 0.25) is 11.8 Å². The zero-order chi connectivity index (χ0) is 15.5. The molecule has 0 atom stereocenters. The first kappa shape index (κ1) is 16.7. The summed E-state index contributed by atoms with van der Waals surface area (Å²) >= 11 is 0. The second-order valence-electron chi connectivity index (χ2n) is 4.64. The number of nitrogens with zero attached hydrogens (tertiary/aromatic N) is 1. The third-order valence-corrected chi connectivity index (χ3v) is 3.06. The standard InChI is InChI=1S/C9H9NO.C8H13NO/c1-2-9(11)10-8-6-4-3-5-7-8;1-2-9-7-5-3-4-6-8(9)10/h2-7H,1H2,(H,10,11);2H,1,3-7H2. The molecular formula is C17H22N2O2. The van der Waals surface area contributed by atoms with Gasteiger partial charge in [0.25, 0.3) is 0 Å². The minimum Gasteiger partial charge on any atom is -0.323 e. The fraction of sp³-hybridized carbons (Fsp3) is 0.294. The van der Waals surface area contributed by atoms with Gasteiger partial charge in [-0.05, 0) is 37.3 Å². The van der Waals surface area contributed by atoms with Crippen LogP contribution in [0.1, 0.15) is 25.7 Å². The summed E-state index contributed by atoms with van der Waals surface area (Å²) in [5.41, 5.74) is 0.789. The average molecular weight is 286 g/mol. The molecule has 0 aliphatic carbocycles. The first-order valence-corrected chi connectivity index (χ1v) is 7.08. The third kappa shape index (κ3) is 6.56. The van der Waals surface area contributed by atoms with Crippen molar-refractivity contribution < 1.29 is 9.59 Å². The summed E-state index contributed by atoms with van der Waals surface area (Å²) in [6, 6.07) is 9.25. The molecule has 1 heterocycles. The van der Waals surface area contributed by atoms with Gasteiger partial charge in [-0.15, -0.1) is 0 Å². The highest BCUT2D eigenvalue weighted by molar-refractivity contribution is 5.98. The minimum atomic E-state index is -0.184. The van der Waals surface area contributed by atoms with Crippen LogP contribution >= 0.6 is 0 Å². The maximum atomic E-state index is 11.1. The molecule has 1 fully saturated rings. The molecule has 0 aromatic heterocycles. The van der Waals surface area contributed by atoms with Crippen molar-refractivity contribution in [2.45, 2.75) is 25.7 Å². The highest BCUT2D eigenvalue weighted by Gasteiger charge is 2.12. The van der Waals surface area contributed by atoms with E-state index in [1.54, 1.807) is 11.1 Å². The summed E-state index contributed by atoms with van der Waals surface area (Å²) in [4.78, 5) is 23.6. The first-order chi connectivity index (χ1) is 10.2. The Hall–Kier alpha value is -2.36. The molecular weight excluding hydrogens is 264 g/mol. The first-order valence-electron chi connectivity index (χ1n) is 7.08. The molecule has 1 aromatic rings. The zero-order valence-corrected chi connectivity index (χ0v) is 12.3.